The van der Waals surface area contributed by atoms with E-state index in [1.807, 2.05) is 0 Å². The number of benzene rings is 1. The van der Waals surface area contributed by atoms with E-state index in [1.54, 1.807) is 24.3 Å². The van der Waals surface area contributed by atoms with Gasteiger partial charge in [0, 0.05) is 19.3 Å². The van der Waals surface area contributed by atoms with Crippen molar-refractivity contribution in [3.63, 3.8) is 0 Å². The van der Waals surface area contributed by atoms with Crippen molar-refractivity contribution in [3.05, 3.63) is 58.1 Å². The van der Waals surface area contributed by atoms with Gasteiger partial charge >= 0.3 is 11.6 Å². The number of nitrogens with one attached hydrogen (secondary N) is 1. The minimum absolute atomic E-state index is 0.0792. The standard InChI is InChI=1S/C17H20F2N4O4/c18-17(19)14(25)12(8-21-7-10-3-1-2-4-11(10)9-24)27-15(17)23-6-5-13(20)22-16(23)26/h1-6,12,14-15,21,24-25H,7-9H2,(H2,20,22,26)/t12-,14-,15-/m1/s1. The number of aliphatic hydroxyl groups excluding tert-OH is 2. The first-order chi connectivity index (χ1) is 12.8. The van der Waals surface area contributed by atoms with Gasteiger partial charge in [0.2, 0.25) is 6.23 Å². The Bertz CT molecular complexity index is 861. The van der Waals surface area contributed by atoms with E-state index in [0.717, 1.165) is 11.8 Å². The highest BCUT2D eigenvalue weighted by Crippen LogP contribution is 2.42. The van der Waals surface area contributed by atoms with E-state index in [1.165, 1.54) is 6.07 Å². The maximum absolute atomic E-state index is 14.4. The Labute approximate surface area is 153 Å². The van der Waals surface area contributed by atoms with Crippen LogP contribution in [0.2, 0.25) is 0 Å². The number of ether oxygens (including phenoxy) is 1. The third-order valence-corrected chi connectivity index (χ3v) is 4.43. The van der Waals surface area contributed by atoms with Gasteiger partial charge in [-0.25, -0.2) is 4.79 Å². The Hall–Kier alpha value is -2.40. The smallest absolute Gasteiger partial charge is 0.351 e. The van der Waals surface area contributed by atoms with Crippen molar-refractivity contribution in [2.24, 2.45) is 0 Å². The van der Waals surface area contributed by atoms with Crippen LogP contribution >= 0.6 is 0 Å². The molecule has 1 aromatic heterocycles. The molecule has 27 heavy (non-hydrogen) atoms. The second-order valence-corrected chi connectivity index (χ2v) is 6.25. The highest BCUT2D eigenvalue weighted by molar-refractivity contribution is 5.26. The van der Waals surface area contributed by atoms with Crippen LogP contribution in [0.25, 0.3) is 0 Å². The minimum Gasteiger partial charge on any atom is -0.392 e. The summed E-state index contributed by atoms with van der Waals surface area (Å²) in [5, 5.41) is 22.2. The molecule has 1 fully saturated rings. The third kappa shape index (κ3) is 3.83. The molecule has 0 bridgehead atoms. The molecule has 3 atom stereocenters. The number of alkyl halides is 2. The number of hydrogen-bond donors (Lipinski definition) is 4. The number of nitrogen functional groups attached to an aromatic ring is 1. The predicted molar refractivity (Wildman–Crippen MR) is 91.8 cm³/mol. The van der Waals surface area contributed by atoms with Gasteiger partial charge in [0.25, 0.3) is 0 Å². The lowest BCUT2D eigenvalue weighted by molar-refractivity contribution is -0.140. The van der Waals surface area contributed by atoms with E-state index in [0.29, 0.717) is 16.7 Å². The van der Waals surface area contributed by atoms with E-state index >= 15 is 0 Å². The first-order valence-electron chi connectivity index (χ1n) is 8.29. The summed E-state index contributed by atoms with van der Waals surface area (Å²) in [6.07, 6.45) is -4.27. The number of rotatable bonds is 6. The zero-order valence-corrected chi connectivity index (χ0v) is 14.3. The zero-order valence-electron chi connectivity index (χ0n) is 14.3. The average molecular weight is 382 g/mol. The second kappa shape index (κ2) is 7.69. The van der Waals surface area contributed by atoms with Crippen molar-refractivity contribution in [3.8, 4) is 0 Å². The predicted octanol–water partition coefficient (Wildman–Crippen LogP) is 0.00120. The molecule has 3 rings (SSSR count). The molecule has 0 aliphatic carbocycles. The molecule has 1 aromatic carbocycles. The van der Waals surface area contributed by atoms with E-state index in [9.17, 15) is 23.8 Å². The average Bonchev–Trinajstić information content (AvgIpc) is 2.86. The van der Waals surface area contributed by atoms with Gasteiger partial charge in [-0.05, 0) is 17.2 Å². The first kappa shape index (κ1) is 19.4. The number of aliphatic hydroxyl groups is 2. The van der Waals surface area contributed by atoms with Gasteiger partial charge in [0.1, 0.15) is 18.0 Å². The van der Waals surface area contributed by atoms with Gasteiger partial charge in [-0.3, -0.25) is 4.57 Å². The lowest BCUT2D eigenvalue weighted by Gasteiger charge is -2.20. The van der Waals surface area contributed by atoms with Crippen LogP contribution in [-0.4, -0.2) is 44.4 Å². The molecule has 1 aliphatic heterocycles. The molecular formula is C17H20F2N4O4. The maximum atomic E-state index is 14.4. The van der Waals surface area contributed by atoms with E-state index < -0.39 is 30.0 Å². The molecule has 8 nitrogen and oxygen atoms in total. The molecule has 1 saturated heterocycles. The van der Waals surface area contributed by atoms with Gasteiger partial charge in [0.15, 0.2) is 0 Å². The topological polar surface area (TPSA) is 123 Å². The minimum atomic E-state index is -3.68. The Kier molecular flexibility index (Phi) is 5.51. The number of anilines is 1. The molecule has 0 saturated carbocycles. The molecule has 0 unspecified atom stereocenters. The Morgan fingerprint density at radius 1 is 1.30 bits per heavy atom. The number of halogens is 2. The Morgan fingerprint density at radius 2 is 2.00 bits per heavy atom. The second-order valence-electron chi connectivity index (χ2n) is 6.25. The quantitative estimate of drug-likeness (QED) is 0.555. The van der Waals surface area contributed by atoms with Gasteiger partial charge in [-0.15, -0.1) is 0 Å². The van der Waals surface area contributed by atoms with Gasteiger partial charge in [-0.2, -0.15) is 13.8 Å². The van der Waals surface area contributed by atoms with Crippen LogP contribution in [0.15, 0.2) is 41.3 Å². The molecule has 0 radical (unpaired) electrons. The summed E-state index contributed by atoms with van der Waals surface area (Å²) < 4.78 is 34.7. The summed E-state index contributed by atoms with van der Waals surface area (Å²) >= 11 is 0. The number of nitrogens with two attached hydrogens (primary N) is 1. The highest BCUT2D eigenvalue weighted by Gasteiger charge is 2.59. The summed E-state index contributed by atoms with van der Waals surface area (Å²) in [6.45, 7) is 0.0701. The van der Waals surface area contributed by atoms with Gasteiger partial charge in [0.05, 0.1) is 6.61 Å². The number of hydrogen-bond acceptors (Lipinski definition) is 7. The fourth-order valence-electron chi connectivity index (χ4n) is 2.97. The van der Waals surface area contributed by atoms with Gasteiger partial charge < -0.3 is 26.0 Å². The highest BCUT2D eigenvalue weighted by atomic mass is 19.3. The van der Waals surface area contributed by atoms with Crippen LogP contribution in [0.3, 0.4) is 0 Å². The number of aromatic nitrogens is 2. The first-order valence-corrected chi connectivity index (χ1v) is 8.29. The van der Waals surface area contributed by atoms with Gasteiger partial charge in [-0.1, -0.05) is 24.3 Å². The SMILES string of the molecule is Nc1ccn([C@@H]2O[C@H](CNCc3ccccc3CO)[C@@H](O)C2(F)F)c(=O)n1. The molecular weight excluding hydrogens is 362 g/mol. The van der Waals surface area contributed by atoms with Crippen LogP contribution < -0.4 is 16.7 Å². The molecule has 2 heterocycles. The molecule has 5 N–H and O–H groups in total. The lowest BCUT2D eigenvalue weighted by Crippen LogP contribution is -2.43. The fraction of sp³-hybridized carbons (Fsp3) is 0.412. The van der Waals surface area contributed by atoms with Crippen molar-refractivity contribution in [2.75, 3.05) is 12.3 Å². The fourth-order valence-corrected chi connectivity index (χ4v) is 2.97. The van der Waals surface area contributed by atoms with Crippen molar-refractivity contribution in [2.45, 2.75) is 37.5 Å². The summed E-state index contributed by atoms with van der Waals surface area (Å²) in [5.74, 6) is -3.78. The summed E-state index contributed by atoms with van der Waals surface area (Å²) in [7, 11) is 0. The van der Waals surface area contributed by atoms with Crippen LogP contribution in [-0.2, 0) is 17.9 Å². The van der Waals surface area contributed by atoms with Crippen molar-refractivity contribution >= 4 is 5.82 Å². The van der Waals surface area contributed by atoms with Crippen molar-refractivity contribution in [1.29, 1.82) is 0 Å². The molecule has 2 aromatic rings. The van der Waals surface area contributed by atoms with Crippen LogP contribution in [0.5, 0.6) is 0 Å². The molecule has 146 valence electrons. The van der Waals surface area contributed by atoms with Crippen molar-refractivity contribution in [1.82, 2.24) is 14.9 Å². The Morgan fingerprint density at radius 3 is 2.67 bits per heavy atom. The third-order valence-electron chi connectivity index (χ3n) is 4.43. The zero-order chi connectivity index (χ0) is 19.6. The summed E-state index contributed by atoms with van der Waals surface area (Å²) in [6, 6.07) is 8.32. The largest absolute Gasteiger partial charge is 0.392 e. The molecule has 10 heteroatoms. The summed E-state index contributed by atoms with van der Waals surface area (Å²) in [4.78, 5) is 15.2. The van der Waals surface area contributed by atoms with E-state index in [-0.39, 0.29) is 19.0 Å². The van der Waals surface area contributed by atoms with Crippen LogP contribution in [0, 0.1) is 0 Å². The lowest BCUT2D eigenvalue weighted by atomic mass is 10.1. The monoisotopic (exact) mass is 382 g/mol. The normalized spacial score (nSPS) is 24.2. The van der Waals surface area contributed by atoms with Crippen LogP contribution in [0.4, 0.5) is 14.6 Å². The van der Waals surface area contributed by atoms with E-state index in [2.05, 4.69) is 10.3 Å². The number of nitrogens with zero attached hydrogens (tertiary/aromatic N) is 2. The van der Waals surface area contributed by atoms with Crippen molar-refractivity contribution < 1.29 is 23.7 Å². The molecule has 1 aliphatic rings. The molecule has 0 spiro atoms. The maximum Gasteiger partial charge on any atom is 0.351 e. The Balaban J connectivity index is 1.69. The molecule has 0 amide bonds. The van der Waals surface area contributed by atoms with E-state index in [4.69, 9.17) is 10.5 Å². The van der Waals surface area contributed by atoms with Crippen LogP contribution in [0.1, 0.15) is 17.4 Å². The summed E-state index contributed by atoms with van der Waals surface area (Å²) in [5.41, 5.74) is 5.88.